The fourth-order valence-corrected chi connectivity index (χ4v) is 4.86. The van der Waals surface area contributed by atoms with E-state index in [-0.39, 0.29) is 17.4 Å². The summed E-state index contributed by atoms with van der Waals surface area (Å²) in [6.07, 6.45) is 1.48. The molecule has 33 heavy (non-hydrogen) atoms. The zero-order valence-corrected chi connectivity index (χ0v) is 20.2. The van der Waals surface area contributed by atoms with Gasteiger partial charge in [-0.3, -0.25) is 9.59 Å². The quantitative estimate of drug-likeness (QED) is 0.531. The van der Waals surface area contributed by atoms with Crippen LogP contribution in [0.25, 0.3) is 0 Å². The Kier molecular flexibility index (Phi) is 7.44. The topological polar surface area (TPSA) is 102 Å². The van der Waals surface area contributed by atoms with Crippen LogP contribution in [-0.2, 0) is 29.8 Å². The molecule has 0 unspecified atom stereocenters. The molecule has 8 nitrogen and oxygen atoms in total. The molecule has 1 fully saturated rings. The molecule has 0 aromatic heterocycles. The number of rotatable bonds is 10. The van der Waals surface area contributed by atoms with Crippen molar-refractivity contribution in [2.24, 2.45) is 0 Å². The Balaban J connectivity index is 1.63. The number of aryl methyl sites for hydroxylation is 1. The first-order chi connectivity index (χ1) is 15.6. The Hall–Kier alpha value is -2.91. The van der Waals surface area contributed by atoms with E-state index >= 15 is 0 Å². The monoisotopic (exact) mass is 474 g/mol. The summed E-state index contributed by atoms with van der Waals surface area (Å²) in [6, 6.07) is 11.6. The van der Waals surface area contributed by atoms with Crippen LogP contribution >= 0.6 is 0 Å². The normalized spacial score (nSPS) is 14.6. The van der Waals surface area contributed by atoms with Gasteiger partial charge in [-0.05, 0) is 75.1 Å². The molecule has 0 spiro atoms. The van der Waals surface area contributed by atoms with Crippen molar-refractivity contribution in [1.82, 2.24) is 4.31 Å². The molecule has 9 heteroatoms. The number of hydrogen-bond donors (Lipinski definition) is 1. The molecule has 2 aromatic carbocycles. The van der Waals surface area contributed by atoms with Gasteiger partial charge in [0.1, 0.15) is 5.75 Å². The van der Waals surface area contributed by atoms with E-state index in [4.69, 9.17) is 9.47 Å². The molecule has 0 heterocycles. The van der Waals surface area contributed by atoms with E-state index in [1.807, 2.05) is 6.92 Å². The standard InChI is InChI=1S/C24H30N2O6S/c1-5-31-21-12-11-20(15-17(21)3)33(29,30)26(4)16-22(27)25-19-9-7-18(8-10-19)24(13-14-24)23(28)32-6-2/h7-12,15H,5-6,13-14,16H2,1-4H3,(H,25,27). The number of carbonyl (C=O) groups is 2. The fraction of sp³-hybridized carbons (Fsp3) is 0.417. The third-order valence-electron chi connectivity index (χ3n) is 5.66. The molecule has 1 amide bonds. The zero-order chi connectivity index (χ0) is 24.2. The first-order valence-corrected chi connectivity index (χ1v) is 12.4. The molecule has 0 atom stereocenters. The van der Waals surface area contributed by atoms with Crippen LogP contribution in [0, 0.1) is 6.92 Å². The molecule has 1 aliphatic carbocycles. The number of esters is 1. The first-order valence-electron chi connectivity index (χ1n) is 10.9. The summed E-state index contributed by atoms with van der Waals surface area (Å²) in [5, 5.41) is 2.71. The van der Waals surface area contributed by atoms with E-state index in [9.17, 15) is 18.0 Å². The molecule has 0 radical (unpaired) electrons. The van der Waals surface area contributed by atoms with E-state index in [1.165, 1.54) is 19.2 Å². The van der Waals surface area contributed by atoms with Gasteiger partial charge < -0.3 is 14.8 Å². The number of nitrogens with zero attached hydrogens (tertiary/aromatic N) is 1. The van der Waals surface area contributed by atoms with E-state index in [2.05, 4.69) is 5.32 Å². The summed E-state index contributed by atoms with van der Waals surface area (Å²) in [5.41, 5.74) is 1.49. The van der Waals surface area contributed by atoms with Gasteiger partial charge in [0.15, 0.2) is 0 Å². The fourth-order valence-electron chi connectivity index (χ4n) is 3.64. The summed E-state index contributed by atoms with van der Waals surface area (Å²) >= 11 is 0. The van der Waals surface area contributed by atoms with Crippen molar-refractivity contribution < 1.29 is 27.5 Å². The summed E-state index contributed by atoms with van der Waals surface area (Å²) in [5.74, 6) is -0.0719. The molecule has 1 N–H and O–H groups in total. The lowest BCUT2D eigenvalue weighted by molar-refractivity contribution is -0.146. The molecule has 2 aromatic rings. The van der Waals surface area contributed by atoms with E-state index in [1.54, 1.807) is 44.2 Å². The van der Waals surface area contributed by atoms with E-state index in [0.29, 0.717) is 30.2 Å². The maximum Gasteiger partial charge on any atom is 0.316 e. The minimum Gasteiger partial charge on any atom is -0.494 e. The van der Waals surface area contributed by atoms with Crippen LogP contribution in [0.4, 0.5) is 5.69 Å². The summed E-state index contributed by atoms with van der Waals surface area (Å²) in [4.78, 5) is 24.8. The van der Waals surface area contributed by atoms with Crippen molar-refractivity contribution in [1.29, 1.82) is 0 Å². The van der Waals surface area contributed by atoms with E-state index < -0.39 is 21.3 Å². The molecular weight excluding hydrogens is 444 g/mol. The number of amides is 1. The van der Waals surface area contributed by atoms with Gasteiger partial charge in [-0.25, -0.2) is 8.42 Å². The average Bonchev–Trinajstić information content (AvgIpc) is 3.58. The predicted octanol–water partition coefficient (Wildman–Crippen LogP) is 3.25. The van der Waals surface area contributed by atoms with Gasteiger partial charge in [0.2, 0.25) is 15.9 Å². The third-order valence-corrected chi connectivity index (χ3v) is 7.46. The second-order valence-corrected chi connectivity index (χ2v) is 10.1. The van der Waals surface area contributed by atoms with Crippen LogP contribution in [0.1, 0.15) is 37.8 Å². The summed E-state index contributed by atoms with van der Waals surface area (Å²) in [6.45, 7) is 5.88. The van der Waals surface area contributed by atoms with Gasteiger partial charge in [-0.2, -0.15) is 4.31 Å². The van der Waals surface area contributed by atoms with Crippen LogP contribution in [-0.4, -0.2) is 51.4 Å². The molecule has 0 aliphatic heterocycles. The van der Waals surface area contributed by atoms with Crippen LogP contribution in [0.2, 0.25) is 0 Å². The van der Waals surface area contributed by atoms with Crippen LogP contribution in [0.15, 0.2) is 47.4 Å². The second kappa shape index (κ2) is 9.93. The maximum absolute atomic E-state index is 12.9. The molecule has 3 rings (SSSR count). The maximum atomic E-state index is 12.9. The van der Waals surface area contributed by atoms with Crippen molar-refractivity contribution >= 4 is 27.6 Å². The first kappa shape index (κ1) is 24.7. The van der Waals surface area contributed by atoms with Crippen molar-refractivity contribution in [2.45, 2.75) is 43.9 Å². The predicted molar refractivity (Wildman–Crippen MR) is 125 cm³/mol. The largest absolute Gasteiger partial charge is 0.494 e. The van der Waals surface area contributed by atoms with Gasteiger partial charge in [0, 0.05) is 12.7 Å². The third kappa shape index (κ3) is 5.36. The van der Waals surface area contributed by atoms with Crippen molar-refractivity contribution in [3.63, 3.8) is 0 Å². The van der Waals surface area contributed by atoms with Gasteiger partial charge >= 0.3 is 5.97 Å². The Morgan fingerprint density at radius 2 is 1.73 bits per heavy atom. The molecular formula is C24H30N2O6S. The minimum absolute atomic E-state index is 0.0943. The average molecular weight is 475 g/mol. The van der Waals surface area contributed by atoms with Gasteiger partial charge in [0.25, 0.3) is 0 Å². The minimum atomic E-state index is -3.85. The Morgan fingerprint density at radius 3 is 2.27 bits per heavy atom. The summed E-state index contributed by atoms with van der Waals surface area (Å²) in [7, 11) is -2.49. The molecule has 1 saturated carbocycles. The SMILES string of the molecule is CCOC(=O)C1(c2ccc(NC(=O)CN(C)S(=O)(=O)c3ccc(OCC)c(C)c3)cc2)CC1. The number of benzene rings is 2. The zero-order valence-electron chi connectivity index (χ0n) is 19.4. The Labute approximate surface area is 194 Å². The van der Waals surface area contributed by atoms with Crippen molar-refractivity contribution in [3.8, 4) is 5.75 Å². The number of ether oxygens (including phenoxy) is 2. The van der Waals surface area contributed by atoms with Crippen LogP contribution in [0.3, 0.4) is 0 Å². The Morgan fingerprint density at radius 1 is 1.06 bits per heavy atom. The lowest BCUT2D eigenvalue weighted by atomic mass is 9.96. The van der Waals surface area contributed by atoms with Gasteiger partial charge in [-0.1, -0.05) is 12.1 Å². The Bertz CT molecular complexity index is 1120. The number of nitrogens with one attached hydrogen (secondary N) is 1. The van der Waals surface area contributed by atoms with Crippen LogP contribution < -0.4 is 10.1 Å². The second-order valence-electron chi connectivity index (χ2n) is 8.05. The highest BCUT2D eigenvalue weighted by molar-refractivity contribution is 7.89. The number of sulfonamides is 1. The molecule has 0 bridgehead atoms. The molecule has 178 valence electrons. The van der Waals surface area contributed by atoms with Crippen molar-refractivity contribution in [3.05, 3.63) is 53.6 Å². The number of hydrogen-bond acceptors (Lipinski definition) is 6. The number of carbonyl (C=O) groups excluding carboxylic acids is 2. The lowest BCUT2D eigenvalue weighted by Gasteiger charge is -2.18. The smallest absolute Gasteiger partial charge is 0.316 e. The van der Waals surface area contributed by atoms with Gasteiger partial charge in [0.05, 0.1) is 30.1 Å². The molecule has 1 aliphatic rings. The summed E-state index contributed by atoms with van der Waals surface area (Å²) < 4.78 is 37.4. The lowest BCUT2D eigenvalue weighted by Crippen LogP contribution is -2.35. The van der Waals surface area contributed by atoms with Crippen molar-refractivity contribution in [2.75, 3.05) is 32.1 Å². The number of likely N-dealkylation sites (N-methyl/N-ethyl adjacent to an activating group) is 1. The highest BCUT2D eigenvalue weighted by Crippen LogP contribution is 2.49. The highest BCUT2D eigenvalue weighted by Gasteiger charge is 2.52. The van der Waals surface area contributed by atoms with Crippen LogP contribution in [0.5, 0.6) is 5.75 Å². The highest BCUT2D eigenvalue weighted by atomic mass is 32.2. The number of anilines is 1. The van der Waals surface area contributed by atoms with E-state index in [0.717, 1.165) is 22.7 Å². The molecule has 0 saturated heterocycles. The van der Waals surface area contributed by atoms with Gasteiger partial charge in [-0.15, -0.1) is 0 Å².